The summed E-state index contributed by atoms with van der Waals surface area (Å²) in [5, 5.41) is 13.6. The molecule has 0 spiro atoms. The fourth-order valence-electron chi connectivity index (χ4n) is 3.09. The number of benzene rings is 1. The average Bonchev–Trinajstić information content (AvgIpc) is 2.53. The molecule has 0 amide bonds. The predicted molar refractivity (Wildman–Crippen MR) is 81.0 cm³/mol. The van der Waals surface area contributed by atoms with Crippen LogP contribution in [0.2, 0.25) is 0 Å². The van der Waals surface area contributed by atoms with Crippen LogP contribution in [0.3, 0.4) is 0 Å². The van der Waals surface area contributed by atoms with Crippen molar-refractivity contribution in [3.63, 3.8) is 0 Å². The Labute approximate surface area is 132 Å². The van der Waals surface area contributed by atoms with Crippen molar-refractivity contribution in [2.45, 2.75) is 31.0 Å². The zero-order valence-electron chi connectivity index (χ0n) is 12.4. The Morgan fingerprint density at radius 2 is 1.96 bits per heavy atom. The lowest BCUT2D eigenvalue weighted by molar-refractivity contribution is -0.137. The second kappa shape index (κ2) is 5.85. The molecule has 2 aromatic rings. The number of anilines is 1. The molecule has 1 aliphatic carbocycles. The Hall–Kier alpha value is -2.08. The van der Waals surface area contributed by atoms with Crippen molar-refractivity contribution in [2.75, 3.05) is 11.9 Å². The molecule has 1 aromatic heterocycles. The van der Waals surface area contributed by atoms with Crippen LogP contribution in [0.15, 0.2) is 42.6 Å². The van der Waals surface area contributed by atoms with Gasteiger partial charge < -0.3 is 10.4 Å². The lowest BCUT2D eigenvalue weighted by Crippen LogP contribution is -2.38. The third-order valence-corrected chi connectivity index (χ3v) is 4.22. The first-order chi connectivity index (χ1) is 10.9. The quantitative estimate of drug-likeness (QED) is 0.905. The van der Waals surface area contributed by atoms with Gasteiger partial charge in [-0.3, -0.25) is 0 Å². The molecule has 0 aliphatic heterocycles. The molecular formula is C17H17F3N2O. The largest absolute Gasteiger partial charge is 0.419 e. The van der Waals surface area contributed by atoms with Crippen LogP contribution in [0, 0.1) is 0 Å². The second-order valence-corrected chi connectivity index (χ2v) is 5.79. The van der Waals surface area contributed by atoms with Crippen LogP contribution in [0.25, 0.3) is 0 Å². The van der Waals surface area contributed by atoms with Crippen LogP contribution in [-0.2, 0) is 18.2 Å². The van der Waals surface area contributed by atoms with Crippen LogP contribution in [0.4, 0.5) is 19.0 Å². The van der Waals surface area contributed by atoms with Gasteiger partial charge in [0.05, 0.1) is 5.56 Å². The molecule has 6 heteroatoms. The molecule has 0 fully saturated rings. The number of pyridine rings is 1. The number of aromatic nitrogens is 1. The van der Waals surface area contributed by atoms with E-state index < -0.39 is 17.3 Å². The maximum absolute atomic E-state index is 13.0. The van der Waals surface area contributed by atoms with E-state index in [1.54, 1.807) is 0 Å². The molecule has 1 aromatic carbocycles. The van der Waals surface area contributed by atoms with E-state index in [9.17, 15) is 18.3 Å². The molecule has 0 radical (unpaired) electrons. The summed E-state index contributed by atoms with van der Waals surface area (Å²) in [6.07, 6.45) is -1.01. The molecule has 0 saturated heterocycles. The van der Waals surface area contributed by atoms with Crippen molar-refractivity contribution in [3.8, 4) is 0 Å². The highest BCUT2D eigenvalue weighted by atomic mass is 19.4. The predicted octanol–water partition coefficient (Wildman–Crippen LogP) is 3.74. The van der Waals surface area contributed by atoms with Gasteiger partial charge >= 0.3 is 6.18 Å². The van der Waals surface area contributed by atoms with Gasteiger partial charge in [-0.25, -0.2) is 4.98 Å². The molecule has 3 nitrogen and oxygen atoms in total. The van der Waals surface area contributed by atoms with E-state index >= 15 is 0 Å². The highest BCUT2D eigenvalue weighted by Gasteiger charge is 2.37. The van der Waals surface area contributed by atoms with Gasteiger partial charge in [-0.15, -0.1) is 0 Å². The summed E-state index contributed by atoms with van der Waals surface area (Å²) < 4.78 is 39.0. The SMILES string of the molecule is OC1(CNc2ncccc2C(F)(F)F)CCCc2ccccc21. The number of halogens is 3. The summed E-state index contributed by atoms with van der Waals surface area (Å²) in [6, 6.07) is 9.74. The third-order valence-electron chi connectivity index (χ3n) is 4.22. The number of hydrogen-bond donors (Lipinski definition) is 2. The molecule has 0 saturated carbocycles. The summed E-state index contributed by atoms with van der Waals surface area (Å²) in [7, 11) is 0. The first kappa shape index (κ1) is 15.8. The third kappa shape index (κ3) is 3.17. The maximum Gasteiger partial charge on any atom is 0.419 e. The highest BCUT2D eigenvalue weighted by molar-refractivity contribution is 5.47. The van der Waals surface area contributed by atoms with E-state index in [0.717, 1.165) is 30.0 Å². The van der Waals surface area contributed by atoms with E-state index in [4.69, 9.17) is 0 Å². The maximum atomic E-state index is 13.0. The first-order valence-corrected chi connectivity index (χ1v) is 7.47. The summed E-state index contributed by atoms with van der Waals surface area (Å²) in [6.45, 7) is -0.00981. The number of fused-ring (bicyclic) bond motifs is 1. The number of rotatable bonds is 3. The van der Waals surface area contributed by atoms with Gasteiger partial charge in [-0.1, -0.05) is 24.3 Å². The average molecular weight is 322 g/mol. The molecule has 1 aliphatic rings. The minimum atomic E-state index is -4.48. The number of nitrogens with zero attached hydrogens (tertiary/aromatic N) is 1. The van der Waals surface area contributed by atoms with E-state index in [2.05, 4.69) is 10.3 Å². The number of alkyl halides is 3. The Kier molecular flexibility index (Phi) is 4.02. The van der Waals surface area contributed by atoms with Crippen LogP contribution in [0.1, 0.15) is 29.5 Å². The summed E-state index contributed by atoms with van der Waals surface area (Å²) >= 11 is 0. The molecule has 2 N–H and O–H groups in total. The molecule has 122 valence electrons. The van der Waals surface area contributed by atoms with Gasteiger partial charge in [0.1, 0.15) is 11.4 Å². The van der Waals surface area contributed by atoms with E-state index in [0.29, 0.717) is 6.42 Å². The normalized spacial score (nSPS) is 20.9. The van der Waals surface area contributed by atoms with Crippen molar-refractivity contribution < 1.29 is 18.3 Å². The lowest BCUT2D eigenvalue weighted by Gasteiger charge is -2.35. The molecule has 1 atom stereocenters. The van der Waals surface area contributed by atoms with E-state index in [1.165, 1.54) is 12.3 Å². The zero-order valence-corrected chi connectivity index (χ0v) is 12.4. The summed E-state index contributed by atoms with van der Waals surface area (Å²) in [5.41, 5.74) is -0.189. The van der Waals surface area contributed by atoms with Crippen molar-refractivity contribution in [2.24, 2.45) is 0 Å². The molecule has 1 unspecified atom stereocenters. The standard InChI is InChI=1S/C17H17F3N2O/c18-17(19,20)14-8-4-10-21-15(14)22-11-16(23)9-3-6-12-5-1-2-7-13(12)16/h1-2,4-5,7-8,10,23H,3,6,9,11H2,(H,21,22). The van der Waals surface area contributed by atoms with Crippen molar-refractivity contribution >= 4 is 5.82 Å². The van der Waals surface area contributed by atoms with Gasteiger partial charge in [-0.05, 0) is 42.5 Å². The number of aryl methyl sites for hydroxylation is 1. The van der Waals surface area contributed by atoms with Gasteiger partial charge in [0, 0.05) is 12.7 Å². The minimum absolute atomic E-state index is 0.00981. The molecule has 1 heterocycles. The lowest BCUT2D eigenvalue weighted by atomic mass is 9.79. The van der Waals surface area contributed by atoms with Crippen LogP contribution in [0.5, 0.6) is 0 Å². The van der Waals surface area contributed by atoms with Gasteiger partial charge in [0.25, 0.3) is 0 Å². The topological polar surface area (TPSA) is 45.1 Å². The highest BCUT2D eigenvalue weighted by Crippen LogP contribution is 2.37. The first-order valence-electron chi connectivity index (χ1n) is 7.47. The molecule has 0 bridgehead atoms. The van der Waals surface area contributed by atoms with Crippen LogP contribution < -0.4 is 5.32 Å². The molecular weight excluding hydrogens is 305 g/mol. The molecule has 3 rings (SSSR count). The Morgan fingerprint density at radius 3 is 2.74 bits per heavy atom. The van der Waals surface area contributed by atoms with Crippen LogP contribution >= 0.6 is 0 Å². The zero-order chi connectivity index (χ0) is 16.5. The Bertz CT molecular complexity index is 702. The second-order valence-electron chi connectivity index (χ2n) is 5.79. The van der Waals surface area contributed by atoms with E-state index in [-0.39, 0.29) is 12.4 Å². The fourth-order valence-corrected chi connectivity index (χ4v) is 3.09. The van der Waals surface area contributed by atoms with Crippen LogP contribution in [-0.4, -0.2) is 16.6 Å². The summed E-state index contributed by atoms with van der Waals surface area (Å²) in [5.74, 6) is -0.253. The smallest absolute Gasteiger partial charge is 0.383 e. The van der Waals surface area contributed by atoms with Crippen molar-refractivity contribution in [1.82, 2.24) is 4.98 Å². The number of aliphatic hydroxyl groups is 1. The number of nitrogens with one attached hydrogen (secondary N) is 1. The Balaban J connectivity index is 1.85. The summed E-state index contributed by atoms with van der Waals surface area (Å²) in [4.78, 5) is 3.77. The van der Waals surface area contributed by atoms with E-state index in [1.807, 2.05) is 24.3 Å². The van der Waals surface area contributed by atoms with Crippen molar-refractivity contribution in [1.29, 1.82) is 0 Å². The minimum Gasteiger partial charge on any atom is -0.383 e. The fraction of sp³-hybridized carbons (Fsp3) is 0.353. The van der Waals surface area contributed by atoms with Gasteiger partial charge in [0.2, 0.25) is 0 Å². The van der Waals surface area contributed by atoms with Crippen molar-refractivity contribution in [3.05, 3.63) is 59.3 Å². The Morgan fingerprint density at radius 1 is 1.17 bits per heavy atom. The number of hydrogen-bond acceptors (Lipinski definition) is 3. The molecule has 23 heavy (non-hydrogen) atoms. The van der Waals surface area contributed by atoms with Gasteiger partial charge in [0.15, 0.2) is 0 Å². The van der Waals surface area contributed by atoms with Gasteiger partial charge in [-0.2, -0.15) is 13.2 Å². The monoisotopic (exact) mass is 322 g/mol.